The molecular weight excluding hydrogens is 436 g/mol. The molecule has 1 aliphatic rings. The molecule has 1 saturated heterocycles. The Kier molecular flexibility index (Phi) is 9.62. The zero-order chi connectivity index (χ0) is 24.2. The molecule has 0 unspecified atom stereocenters. The van der Waals surface area contributed by atoms with Crippen LogP contribution in [-0.2, 0) is 9.53 Å². The average Bonchev–Trinajstić information content (AvgIpc) is 3.39. The molecule has 8 nitrogen and oxygen atoms in total. The van der Waals surface area contributed by atoms with Gasteiger partial charge in [-0.15, -0.1) is 0 Å². The highest BCUT2D eigenvalue weighted by molar-refractivity contribution is 6.01. The summed E-state index contributed by atoms with van der Waals surface area (Å²) in [7, 11) is 1.59. The number of benzene rings is 2. The number of carbonyl (C=O) groups excluding carboxylic acids is 1. The summed E-state index contributed by atoms with van der Waals surface area (Å²) in [6, 6.07) is 14.6. The van der Waals surface area contributed by atoms with Crippen LogP contribution in [0.15, 0.2) is 48.0 Å². The van der Waals surface area contributed by atoms with E-state index in [0.717, 1.165) is 12.8 Å². The van der Waals surface area contributed by atoms with Crippen molar-refractivity contribution in [1.82, 2.24) is 5.32 Å². The van der Waals surface area contributed by atoms with E-state index >= 15 is 0 Å². The van der Waals surface area contributed by atoms with E-state index in [4.69, 9.17) is 23.7 Å². The van der Waals surface area contributed by atoms with Crippen LogP contribution in [-0.4, -0.2) is 52.1 Å². The normalized spacial score (nSPS) is 15.3. The van der Waals surface area contributed by atoms with Crippen LogP contribution in [0.4, 0.5) is 0 Å². The lowest BCUT2D eigenvalue weighted by atomic mass is 10.1. The number of nitrogens with one attached hydrogen (secondary N) is 1. The lowest BCUT2D eigenvalue weighted by molar-refractivity contribution is -0.117. The van der Waals surface area contributed by atoms with Gasteiger partial charge in [0.2, 0.25) is 0 Å². The molecule has 180 valence electrons. The highest BCUT2D eigenvalue weighted by Crippen LogP contribution is 2.30. The molecule has 2 aromatic carbocycles. The smallest absolute Gasteiger partial charge is 0.262 e. The van der Waals surface area contributed by atoms with Crippen molar-refractivity contribution < 1.29 is 28.5 Å². The summed E-state index contributed by atoms with van der Waals surface area (Å²) in [5.41, 5.74) is 0.671. The molecule has 0 radical (unpaired) electrons. The van der Waals surface area contributed by atoms with Crippen LogP contribution in [0, 0.1) is 11.3 Å². The predicted molar refractivity (Wildman–Crippen MR) is 127 cm³/mol. The van der Waals surface area contributed by atoms with Crippen LogP contribution in [0.3, 0.4) is 0 Å². The Morgan fingerprint density at radius 3 is 2.50 bits per heavy atom. The van der Waals surface area contributed by atoms with E-state index in [0.29, 0.717) is 61.5 Å². The first-order valence-corrected chi connectivity index (χ1v) is 11.3. The lowest BCUT2D eigenvalue weighted by Gasteiger charge is -2.14. The number of hydrogen-bond donors (Lipinski definition) is 1. The second-order valence-electron chi connectivity index (χ2n) is 7.50. The molecule has 1 heterocycles. The van der Waals surface area contributed by atoms with Crippen LogP contribution in [0.25, 0.3) is 6.08 Å². The highest BCUT2D eigenvalue weighted by Gasteiger charge is 2.18. The Balaban J connectivity index is 1.60. The van der Waals surface area contributed by atoms with Gasteiger partial charge in [0.15, 0.2) is 23.0 Å². The van der Waals surface area contributed by atoms with Crippen LogP contribution in [0.2, 0.25) is 0 Å². The van der Waals surface area contributed by atoms with Gasteiger partial charge in [-0.05, 0) is 55.7 Å². The van der Waals surface area contributed by atoms with E-state index < -0.39 is 5.91 Å². The Hall–Kier alpha value is -3.70. The Morgan fingerprint density at radius 2 is 1.85 bits per heavy atom. The third kappa shape index (κ3) is 7.15. The number of amides is 1. The van der Waals surface area contributed by atoms with Gasteiger partial charge in [0.1, 0.15) is 24.9 Å². The summed E-state index contributed by atoms with van der Waals surface area (Å²) < 4.78 is 28.1. The van der Waals surface area contributed by atoms with Gasteiger partial charge in [-0.3, -0.25) is 4.79 Å². The van der Waals surface area contributed by atoms with E-state index in [1.807, 2.05) is 37.3 Å². The fourth-order valence-electron chi connectivity index (χ4n) is 3.47. The number of nitrogens with zero attached hydrogens (tertiary/aromatic N) is 1. The van der Waals surface area contributed by atoms with Gasteiger partial charge in [0, 0.05) is 13.2 Å². The van der Waals surface area contributed by atoms with Crippen molar-refractivity contribution in [2.45, 2.75) is 25.9 Å². The highest BCUT2D eigenvalue weighted by atomic mass is 16.5. The standard InChI is InChI=1S/C26H30N2O6/c1-3-31-25-16-19(15-20(17-27)26(29)28-18-21-7-6-12-32-21)10-11-24(25)34-14-13-33-23-9-5-4-8-22(23)30-2/h4-5,8-11,15-16,21H,3,6-7,12-14,18H2,1-2H3,(H,28,29)/b20-15+/t21-/m0/s1. The molecule has 8 heteroatoms. The van der Waals surface area contributed by atoms with Crippen molar-refractivity contribution >= 4 is 12.0 Å². The van der Waals surface area contributed by atoms with Crippen LogP contribution in [0.5, 0.6) is 23.0 Å². The predicted octanol–water partition coefficient (Wildman–Crippen LogP) is 3.75. The molecule has 1 fully saturated rings. The molecule has 34 heavy (non-hydrogen) atoms. The van der Waals surface area contributed by atoms with Gasteiger partial charge >= 0.3 is 0 Å². The molecule has 1 amide bonds. The molecule has 0 saturated carbocycles. The van der Waals surface area contributed by atoms with Crippen molar-refractivity contribution in [2.75, 3.05) is 40.1 Å². The van der Waals surface area contributed by atoms with Gasteiger partial charge in [0.05, 0.1) is 19.8 Å². The van der Waals surface area contributed by atoms with E-state index in [2.05, 4.69) is 5.32 Å². The maximum atomic E-state index is 12.4. The minimum Gasteiger partial charge on any atom is -0.493 e. The van der Waals surface area contributed by atoms with Crippen molar-refractivity contribution in [1.29, 1.82) is 5.26 Å². The Bertz CT molecular complexity index is 1020. The topological polar surface area (TPSA) is 99.0 Å². The minimum absolute atomic E-state index is 0.0110. The first kappa shape index (κ1) is 24.9. The largest absolute Gasteiger partial charge is 0.493 e. The average molecular weight is 467 g/mol. The Labute approximate surface area is 200 Å². The molecule has 0 aromatic heterocycles. The van der Waals surface area contributed by atoms with Crippen LogP contribution >= 0.6 is 0 Å². The summed E-state index contributed by atoms with van der Waals surface area (Å²) in [5.74, 6) is 1.93. The van der Waals surface area contributed by atoms with Crippen LogP contribution < -0.4 is 24.3 Å². The molecule has 0 spiro atoms. The van der Waals surface area contributed by atoms with E-state index in [-0.39, 0.29) is 11.7 Å². The molecule has 1 atom stereocenters. The minimum atomic E-state index is -0.426. The summed E-state index contributed by atoms with van der Waals surface area (Å²) in [6.45, 7) is 4.03. The fourth-order valence-corrected chi connectivity index (χ4v) is 3.47. The maximum absolute atomic E-state index is 12.4. The van der Waals surface area contributed by atoms with E-state index in [1.54, 1.807) is 25.3 Å². The summed E-state index contributed by atoms with van der Waals surface area (Å²) in [6.07, 6.45) is 3.44. The summed E-state index contributed by atoms with van der Waals surface area (Å²) in [5, 5.41) is 12.2. The number of rotatable bonds is 12. The second kappa shape index (κ2) is 13.1. The summed E-state index contributed by atoms with van der Waals surface area (Å²) >= 11 is 0. The van der Waals surface area contributed by atoms with Gasteiger partial charge in [-0.1, -0.05) is 18.2 Å². The number of ether oxygens (including phenoxy) is 5. The first-order valence-electron chi connectivity index (χ1n) is 11.3. The summed E-state index contributed by atoms with van der Waals surface area (Å²) in [4.78, 5) is 12.4. The third-order valence-corrected chi connectivity index (χ3v) is 5.13. The number of methoxy groups -OCH3 is 1. The zero-order valence-electron chi connectivity index (χ0n) is 19.5. The quantitative estimate of drug-likeness (QED) is 0.289. The Morgan fingerprint density at radius 1 is 1.12 bits per heavy atom. The van der Waals surface area contributed by atoms with E-state index in [9.17, 15) is 10.1 Å². The number of para-hydroxylation sites is 2. The molecule has 1 N–H and O–H groups in total. The molecular formula is C26H30N2O6. The zero-order valence-corrected chi connectivity index (χ0v) is 19.5. The molecule has 0 aliphatic carbocycles. The number of nitriles is 1. The third-order valence-electron chi connectivity index (χ3n) is 5.13. The van der Waals surface area contributed by atoms with Crippen molar-refractivity contribution in [3.05, 3.63) is 53.6 Å². The second-order valence-corrected chi connectivity index (χ2v) is 7.50. The molecule has 1 aliphatic heterocycles. The van der Waals surface area contributed by atoms with Gasteiger partial charge in [-0.25, -0.2) is 0 Å². The van der Waals surface area contributed by atoms with Crippen molar-refractivity contribution in [3.8, 4) is 29.1 Å². The van der Waals surface area contributed by atoms with Crippen LogP contribution in [0.1, 0.15) is 25.3 Å². The van der Waals surface area contributed by atoms with Crippen molar-refractivity contribution in [2.24, 2.45) is 0 Å². The van der Waals surface area contributed by atoms with E-state index in [1.165, 1.54) is 6.08 Å². The monoisotopic (exact) mass is 466 g/mol. The van der Waals surface area contributed by atoms with Crippen molar-refractivity contribution in [3.63, 3.8) is 0 Å². The first-order chi connectivity index (χ1) is 16.6. The SMILES string of the molecule is CCOc1cc(/C=C(\C#N)C(=O)NC[C@@H]2CCCO2)ccc1OCCOc1ccccc1OC. The lowest BCUT2D eigenvalue weighted by Crippen LogP contribution is -2.32. The number of hydrogen-bond acceptors (Lipinski definition) is 7. The molecule has 0 bridgehead atoms. The van der Waals surface area contributed by atoms with Gasteiger partial charge in [0.25, 0.3) is 5.91 Å². The number of carbonyl (C=O) groups is 1. The molecule has 2 aromatic rings. The maximum Gasteiger partial charge on any atom is 0.262 e. The van der Waals surface area contributed by atoms with Gasteiger partial charge < -0.3 is 29.0 Å². The molecule has 3 rings (SSSR count). The fraction of sp³-hybridized carbons (Fsp3) is 0.385. The van der Waals surface area contributed by atoms with Gasteiger partial charge in [-0.2, -0.15) is 5.26 Å².